The van der Waals surface area contributed by atoms with Gasteiger partial charge < -0.3 is 10.2 Å². The summed E-state index contributed by atoms with van der Waals surface area (Å²) in [6.07, 6.45) is 0. The van der Waals surface area contributed by atoms with Crippen molar-refractivity contribution >= 4 is 27.9 Å². The number of imide groups is 1. The van der Waals surface area contributed by atoms with Crippen LogP contribution >= 0.6 is 0 Å². The Balaban J connectivity index is 1.44. The third-order valence-corrected chi connectivity index (χ3v) is 9.00. The van der Waals surface area contributed by atoms with Crippen molar-refractivity contribution in [3.8, 4) is 0 Å². The van der Waals surface area contributed by atoms with Gasteiger partial charge in [0.25, 0.3) is 5.91 Å². The summed E-state index contributed by atoms with van der Waals surface area (Å²) in [5.74, 6) is -1.16. The number of carbonyl (C=O) groups excluding carboxylic acids is 3. The molecule has 1 atom stereocenters. The minimum absolute atomic E-state index is 0.00938. The molecule has 1 aliphatic rings. The molecule has 1 fully saturated rings. The van der Waals surface area contributed by atoms with Crippen molar-refractivity contribution in [3.05, 3.63) is 138 Å². The van der Waals surface area contributed by atoms with Crippen molar-refractivity contribution in [2.24, 2.45) is 0 Å². The lowest BCUT2D eigenvalue weighted by atomic mass is 9.98. The Morgan fingerprint density at radius 1 is 0.690 bits per heavy atom. The van der Waals surface area contributed by atoms with Crippen LogP contribution in [-0.2, 0) is 14.8 Å². The SMILES string of the molecule is O=C(NC(=O)N1CCN(S(=O)(=O)c2ccccc2)C(C(=O)NC(c2ccccc2)c2ccccc2)C1)c1ccccc1. The van der Waals surface area contributed by atoms with E-state index in [1.807, 2.05) is 60.7 Å². The Kier molecular flexibility index (Phi) is 8.75. The van der Waals surface area contributed by atoms with E-state index in [1.54, 1.807) is 48.5 Å². The van der Waals surface area contributed by atoms with Gasteiger partial charge in [0.2, 0.25) is 15.9 Å². The summed E-state index contributed by atoms with van der Waals surface area (Å²) in [4.78, 5) is 41.1. The number of hydrogen-bond donors (Lipinski definition) is 2. The Morgan fingerprint density at radius 3 is 1.74 bits per heavy atom. The van der Waals surface area contributed by atoms with Gasteiger partial charge in [0.1, 0.15) is 6.04 Å². The first-order chi connectivity index (χ1) is 20.3. The summed E-state index contributed by atoms with van der Waals surface area (Å²) >= 11 is 0. The van der Waals surface area contributed by atoms with Crippen molar-refractivity contribution in [1.82, 2.24) is 19.8 Å². The zero-order valence-corrected chi connectivity index (χ0v) is 23.5. The van der Waals surface area contributed by atoms with Gasteiger partial charge in [-0.25, -0.2) is 13.2 Å². The number of piperazine rings is 1. The molecule has 214 valence electrons. The van der Waals surface area contributed by atoms with E-state index >= 15 is 0 Å². The molecule has 0 spiro atoms. The highest BCUT2D eigenvalue weighted by atomic mass is 32.2. The molecule has 1 aliphatic heterocycles. The average Bonchev–Trinajstić information content (AvgIpc) is 3.04. The number of nitrogens with one attached hydrogen (secondary N) is 2. The van der Waals surface area contributed by atoms with Gasteiger partial charge >= 0.3 is 6.03 Å². The fourth-order valence-electron chi connectivity index (χ4n) is 4.91. The summed E-state index contributed by atoms with van der Waals surface area (Å²) in [7, 11) is -4.09. The maximum absolute atomic E-state index is 14.0. The summed E-state index contributed by atoms with van der Waals surface area (Å²) in [5, 5.41) is 5.38. The molecular weight excluding hydrogens is 552 g/mol. The molecule has 4 aromatic rings. The van der Waals surface area contributed by atoms with Crippen LogP contribution in [0.25, 0.3) is 0 Å². The molecule has 0 aromatic heterocycles. The van der Waals surface area contributed by atoms with Crippen LogP contribution in [0.3, 0.4) is 0 Å². The minimum atomic E-state index is -4.09. The largest absolute Gasteiger partial charge is 0.344 e. The molecule has 10 heteroatoms. The molecule has 9 nitrogen and oxygen atoms in total. The van der Waals surface area contributed by atoms with Crippen LogP contribution in [0.15, 0.2) is 126 Å². The van der Waals surface area contributed by atoms with E-state index in [2.05, 4.69) is 10.6 Å². The average molecular weight is 583 g/mol. The predicted octanol–water partition coefficient (Wildman–Crippen LogP) is 3.82. The van der Waals surface area contributed by atoms with E-state index in [-0.39, 0.29) is 24.5 Å². The molecule has 42 heavy (non-hydrogen) atoms. The second kappa shape index (κ2) is 12.8. The van der Waals surface area contributed by atoms with Gasteiger partial charge in [-0.3, -0.25) is 14.9 Å². The number of nitrogens with zero attached hydrogens (tertiary/aromatic N) is 2. The van der Waals surface area contributed by atoms with Gasteiger partial charge in [-0.15, -0.1) is 0 Å². The molecule has 4 aromatic carbocycles. The van der Waals surface area contributed by atoms with Gasteiger partial charge in [0, 0.05) is 25.2 Å². The first-order valence-corrected chi connectivity index (χ1v) is 14.9. The molecule has 0 radical (unpaired) electrons. The molecular formula is C32H30N4O5S. The maximum Gasteiger partial charge on any atom is 0.324 e. The minimum Gasteiger partial charge on any atom is -0.344 e. The molecule has 1 heterocycles. The lowest BCUT2D eigenvalue weighted by Crippen LogP contribution is -2.63. The number of amides is 4. The predicted molar refractivity (Wildman–Crippen MR) is 158 cm³/mol. The van der Waals surface area contributed by atoms with Crippen molar-refractivity contribution in [2.45, 2.75) is 17.0 Å². The number of urea groups is 1. The second-order valence-electron chi connectivity index (χ2n) is 9.78. The fourth-order valence-corrected chi connectivity index (χ4v) is 6.50. The number of sulfonamides is 1. The third-order valence-electron chi connectivity index (χ3n) is 7.08. The maximum atomic E-state index is 14.0. The van der Waals surface area contributed by atoms with E-state index in [4.69, 9.17) is 0 Å². The van der Waals surface area contributed by atoms with Crippen molar-refractivity contribution in [2.75, 3.05) is 19.6 Å². The quantitative estimate of drug-likeness (QED) is 0.344. The zero-order valence-electron chi connectivity index (χ0n) is 22.7. The molecule has 2 N–H and O–H groups in total. The van der Waals surface area contributed by atoms with Crippen LogP contribution in [0.4, 0.5) is 4.79 Å². The van der Waals surface area contributed by atoms with Crippen LogP contribution in [0.1, 0.15) is 27.5 Å². The normalized spacial score (nSPS) is 15.6. The van der Waals surface area contributed by atoms with E-state index < -0.39 is 40.0 Å². The van der Waals surface area contributed by atoms with Crippen molar-refractivity contribution < 1.29 is 22.8 Å². The van der Waals surface area contributed by atoms with Gasteiger partial charge in [0.05, 0.1) is 10.9 Å². The van der Waals surface area contributed by atoms with Gasteiger partial charge in [-0.2, -0.15) is 4.31 Å². The van der Waals surface area contributed by atoms with Crippen molar-refractivity contribution in [3.63, 3.8) is 0 Å². The molecule has 5 rings (SSSR count). The van der Waals surface area contributed by atoms with Crippen LogP contribution in [0, 0.1) is 0 Å². The molecule has 1 saturated heterocycles. The smallest absolute Gasteiger partial charge is 0.324 e. The summed E-state index contributed by atoms with van der Waals surface area (Å²) < 4.78 is 28.6. The topological polar surface area (TPSA) is 116 Å². The first kappa shape index (κ1) is 28.7. The zero-order chi connectivity index (χ0) is 29.5. The molecule has 0 aliphatic carbocycles. The van der Waals surface area contributed by atoms with E-state index in [9.17, 15) is 22.8 Å². The first-order valence-electron chi connectivity index (χ1n) is 13.5. The van der Waals surface area contributed by atoms with E-state index in [1.165, 1.54) is 17.0 Å². The van der Waals surface area contributed by atoms with Gasteiger partial charge in [-0.1, -0.05) is 97.1 Å². The highest BCUT2D eigenvalue weighted by Gasteiger charge is 2.42. The van der Waals surface area contributed by atoms with Crippen LogP contribution in [-0.4, -0.2) is 61.1 Å². The number of hydrogen-bond acceptors (Lipinski definition) is 5. The van der Waals surface area contributed by atoms with Gasteiger partial charge in [0.15, 0.2) is 0 Å². The van der Waals surface area contributed by atoms with Crippen molar-refractivity contribution in [1.29, 1.82) is 0 Å². The highest BCUT2D eigenvalue weighted by molar-refractivity contribution is 7.89. The molecule has 0 bridgehead atoms. The summed E-state index contributed by atoms with van der Waals surface area (Å²) in [5.41, 5.74) is 1.93. The standard InChI is InChI=1S/C32H30N4O5S/c37-30(26-17-9-3-10-18-26)34-32(39)35-21-22-36(42(40,41)27-19-11-4-12-20-27)28(23-35)31(38)33-29(24-13-5-1-6-14-24)25-15-7-2-8-16-25/h1-20,28-29H,21-23H2,(H,33,38)(H,34,37,39). The Labute approximate surface area is 244 Å². The van der Waals surface area contributed by atoms with Crippen LogP contribution in [0.2, 0.25) is 0 Å². The van der Waals surface area contributed by atoms with Gasteiger partial charge in [-0.05, 0) is 35.4 Å². The van der Waals surface area contributed by atoms with E-state index in [0.29, 0.717) is 5.56 Å². The lowest BCUT2D eigenvalue weighted by molar-refractivity contribution is -0.126. The summed E-state index contributed by atoms with van der Waals surface area (Å²) in [6.45, 7) is -0.393. The van der Waals surface area contributed by atoms with Crippen LogP contribution < -0.4 is 10.6 Å². The summed E-state index contributed by atoms with van der Waals surface area (Å²) in [6, 6.07) is 32.3. The monoisotopic (exact) mass is 582 g/mol. The fraction of sp³-hybridized carbons (Fsp3) is 0.156. The number of rotatable bonds is 7. The Hall–Kier alpha value is -4.80. The molecule has 4 amide bonds. The third kappa shape index (κ3) is 6.40. The number of benzene rings is 4. The Morgan fingerprint density at radius 2 is 1.19 bits per heavy atom. The Bertz CT molecular complexity index is 1600. The number of carbonyl (C=O) groups is 3. The molecule has 0 saturated carbocycles. The van der Waals surface area contributed by atoms with E-state index in [0.717, 1.165) is 15.4 Å². The highest BCUT2D eigenvalue weighted by Crippen LogP contribution is 2.25. The lowest BCUT2D eigenvalue weighted by Gasteiger charge is -2.40. The second-order valence-corrected chi connectivity index (χ2v) is 11.7. The van der Waals surface area contributed by atoms with Crippen LogP contribution in [0.5, 0.6) is 0 Å². The molecule has 1 unspecified atom stereocenters.